The van der Waals surface area contributed by atoms with Gasteiger partial charge in [-0.3, -0.25) is 9.69 Å². The van der Waals surface area contributed by atoms with E-state index in [2.05, 4.69) is 36.9 Å². The highest BCUT2D eigenvalue weighted by Gasteiger charge is 2.29. The third kappa shape index (κ3) is 3.16. The van der Waals surface area contributed by atoms with Gasteiger partial charge in [0.2, 0.25) is 0 Å². The van der Waals surface area contributed by atoms with Gasteiger partial charge in [-0.2, -0.15) is 0 Å². The van der Waals surface area contributed by atoms with E-state index in [0.29, 0.717) is 0 Å². The maximum atomic E-state index is 11.9. The van der Waals surface area contributed by atoms with Crippen molar-refractivity contribution >= 4 is 5.97 Å². The lowest BCUT2D eigenvalue weighted by atomic mass is 9.98. The molecular weight excluding hydrogens is 238 g/mol. The van der Waals surface area contributed by atoms with Crippen LogP contribution in [0.25, 0.3) is 0 Å². The smallest absolute Gasteiger partial charge is 0.323 e. The topological polar surface area (TPSA) is 29.5 Å². The molecule has 1 aromatic carbocycles. The number of hydrogen-bond acceptors (Lipinski definition) is 3. The summed E-state index contributed by atoms with van der Waals surface area (Å²) in [6.07, 6.45) is 3.19. The summed E-state index contributed by atoms with van der Waals surface area (Å²) in [5.74, 6) is -0.0917. The monoisotopic (exact) mass is 261 g/mol. The molecule has 3 nitrogen and oxygen atoms in total. The van der Waals surface area contributed by atoms with Gasteiger partial charge in [-0.1, -0.05) is 24.6 Å². The van der Waals surface area contributed by atoms with Gasteiger partial charge in [0.25, 0.3) is 0 Å². The molecule has 104 valence electrons. The molecule has 19 heavy (non-hydrogen) atoms. The summed E-state index contributed by atoms with van der Waals surface area (Å²) in [7, 11) is 1.48. The number of piperidine rings is 1. The van der Waals surface area contributed by atoms with E-state index in [-0.39, 0.29) is 12.0 Å². The van der Waals surface area contributed by atoms with Crippen molar-refractivity contribution in [3.05, 3.63) is 34.9 Å². The normalized spacial score (nSPS) is 20.3. The van der Waals surface area contributed by atoms with E-state index in [1.54, 1.807) is 0 Å². The number of benzene rings is 1. The van der Waals surface area contributed by atoms with Crippen LogP contribution in [0.1, 0.15) is 36.0 Å². The molecule has 1 fully saturated rings. The Morgan fingerprint density at radius 2 is 2.00 bits per heavy atom. The van der Waals surface area contributed by atoms with Gasteiger partial charge < -0.3 is 4.74 Å². The fraction of sp³-hybridized carbons (Fsp3) is 0.562. The number of carbonyl (C=O) groups excluding carboxylic acids is 1. The van der Waals surface area contributed by atoms with Crippen molar-refractivity contribution in [2.24, 2.45) is 0 Å². The maximum absolute atomic E-state index is 11.9. The van der Waals surface area contributed by atoms with Crippen LogP contribution < -0.4 is 0 Å². The van der Waals surface area contributed by atoms with Gasteiger partial charge in [-0.15, -0.1) is 0 Å². The lowest BCUT2D eigenvalue weighted by Gasteiger charge is -2.34. The summed E-state index contributed by atoms with van der Waals surface area (Å²) in [5.41, 5.74) is 3.95. The summed E-state index contributed by atoms with van der Waals surface area (Å²) in [6, 6.07) is 6.29. The van der Waals surface area contributed by atoms with Gasteiger partial charge in [-0.05, 0) is 49.9 Å². The molecule has 0 amide bonds. The zero-order valence-electron chi connectivity index (χ0n) is 12.1. The number of aryl methyl sites for hydroxylation is 2. The van der Waals surface area contributed by atoms with E-state index >= 15 is 0 Å². The predicted octanol–water partition coefficient (Wildman–Crippen LogP) is 2.83. The molecule has 1 aliphatic heterocycles. The van der Waals surface area contributed by atoms with Crippen LogP contribution in [-0.2, 0) is 16.1 Å². The molecule has 0 radical (unpaired) electrons. The predicted molar refractivity (Wildman–Crippen MR) is 76.0 cm³/mol. The van der Waals surface area contributed by atoms with Gasteiger partial charge in [0.1, 0.15) is 6.04 Å². The van der Waals surface area contributed by atoms with Crippen LogP contribution in [0.2, 0.25) is 0 Å². The summed E-state index contributed by atoms with van der Waals surface area (Å²) in [6.45, 7) is 6.10. The number of methoxy groups -OCH3 is 1. The first kappa shape index (κ1) is 14.1. The van der Waals surface area contributed by atoms with Crippen LogP contribution >= 0.6 is 0 Å². The fourth-order valence-electron chi connectivity index (χ4n) is 2.88. The van der Waals surface area contributed by atoms with Gasteiger partial charge >= 0.3 is 5.97 Å². The molecular formula is C16H23NO2. The summed E-state index contributed by atoms with van der Waals surface area (Å²) >= 11 is 0. The first-order valence-electron chi connectivity index (χ1n) is 7.00. The molecule has 1 aliphatic rings. The molecule has 1 saturated heterocycles. The van der Waals surface area contributed by atoms with Crippen LogP contribution in [0.15, 0.2) is 18.2 Å². The second-order valence-electron chi connectivity index (χ2n) is 5.38. The molecule has 0 bridgehead atoms. The van der Waals surface area contributed by atoms with Crippen LogP contribution in [-0.4, -0.2) is 30.6 Å². The van der Waals surface area contributed by atoms with Crippen molar-refractivity contribution in [2.75, 3.05) is 13.7 Å². The van der Waals surface area contributed by atoms with E-state index < -0.39 is 0 Å². The summed E-state index contributed by atoms with van der Waals surface area (Å²) in [4.78, 5) is 14.1. The van der Waals surface area contributed by atoms with Crippen molar-refractivity contribution in [1.82, 2.24) is 4.90 Å². The molecule has 3 heteroatoms. The number of ether oxygens (including phenoxy) is 1. The van der Waals surface area contributed by atoms with E-state index in [0.717, 1.165) is 25.9 Å². The van der Waals surface area contributed by atoms with Crippen LogP contribution in [0.3, 0.4) is 0 Å². The molecule has 0 unspecified atom stereocenters. The van der Waals surface area contributed by atoms with Gasteiger partial charge in [0.05, 0.1) is 7.11 Å². The minimum Gasteiger partial charge on any atom is -0.468 e. The minimum atomic E-state index is -0.0917. The van der Waals surface area contributed by atoms with E-state index in [9.17, 15) is 4.79 Å². The SMILES string of the molecule is COC(=O)[C@H]1CCCCN1Cc1c(C)cccc1C. The van der Waals surface area contributed by atoms with E-state index in [1.807, 2.05) is 0 Å². The summed E-state index contributed by atoms with van der Waals surface area (Å²) < 4.78 is 4.94. The van der Waals surface area contributed by atoms with Crippen molar-refractivity contribution < 1.29 is 9.53 Å². The Labute approximate surface area is 115 Å². The average Bonchev–Trinajstić information content (AvgIpc) is 2.42. The maximum Gasteiger partial charge on any atom is 0.323 e. The van der Waals surface area contributed by atoms with Crippen LogP contribution in [0, 0.1) is 13.8 Å². The van der Waals surface area contributed by atoms with Crippen molar-refractivity contribution in [3.8, 4) is 0 Å². The number of carbonyl (C=O) groups is 1. The molecule has 0 saturated carbocycles. The average molecular weight is 261 g/mol. The number of nitrogens with zero attached hydrogens (tertiary/aromatic N) is 1. The molecule has 0 N–H and O–H groups in total. The Kier molecular flexibility index (Phi) is 4.59. The number of rotatable bonds is 3. The fourth-order valence-corrected chi connectivity index (χ4v) is 2.88. The zero-order valence-corrected chi connectivity index (χ0v) is 12.1. The third-order valence-electron chi connectivity index (χ3n) is 4.09. The number of hydrogen-bond donors (Lipinski definition) is 0. The van der Waals surface area contributed by atoms with Crippen molar-refractivity contribution in [2.45, 2.75) is 45.7 Å². The highest BCUT2D eigenvalue weighted by molar-refractivity contribution is 5.75. The highest BCUT2D eigenvalue weighted by atomic mass is 16.5. The number of likely N-dealkylation sites (tertiary alicyclic amines) is 1. The zero-order chi connectivity index (χ0) is 13.8. The first-order valence-corrected chi connectivity index (χ1v) is 7.00. The molecule has 1 aromatic rings. The molecule has 0 aliphatic carbocycles. The quantitative estimate of drug-likeness (QED) is 0.784. The third-order valence-corrected chi connectivity index (χ3v) is 4.09. The van der Waals surface area contributed by atoms with Gasteiger partial charge in [0, 0.05) is 6.54 Å². The Morgan fingerprint density at radius 1 is 1.32 bits per heavy atom. The first-order chi connectivity index (χ1) is 9.13. The molecule has 0 spiro atoms. The van der Waals surface area contributed by atoms with Gasteiger partial charge in [-0.25, -0.2) is 0 Å². The van der Waals surface area contributed by atoms with Crippen molar-refractivity contribution in [1.29, 1.82) is 0 Å². The van der Waals surface area contributed by atoms with E-state index in [4.69, 9.17) is 4.74 Å². The molecule has 1 heterocycles. The van der Waals surface area contributed by atoms with Crippen LogP contribution in [0.5, 0.6) is 0 Å². The minimum absolute atomic E-state index is 0.0715. The summed E-state index contributed by atoms with van der Waals surface area (Å²) in [5, 5.41) is 0. The Morgan fingerprint density at radius 3 is 2.63 bits per heavy atom. The molecule has 2 rings (SSSR count). The highest BCUT2D eigenvalue weighted by Crippen LogP contribution is 2.23. The lowest BCUT2D eigenvalue weighted by Crippen LogP contribution is -2.44. The molecule has 0 aromatic heterocycles. The second-order valence-corrected chi connectivity index (χ2v) is 5.38. The van der Waals surface area contributed by atoms with E-state index in [1.165, 1.54) is 30.2 Å². The van der Waals surface area contributed by atoms with Crippen LogP contribution in [0.4, 0.5) is 0 Å². The second kappa shape index (κ2) is 6.20. The van der Waals surface area contributed by atoms with Crippen molar-refractivity contribution in [3.63, 3.8) is 0 Å². The molecule has 1 atom stereocenters. The Balaban J connectivity index is 2.18. The van der Waals surface area contributed by atoms with Gasteiger partial charge in [0.15, 0.2) is 0 Å². The Bertz CT molecular complexity index is 436. The lowest BCUT2D eigenvalue weighted by molar-refractivity contribution is -0.148. The number of esters is 1. The Hall–Kier alpha value is -1.35. The standard InChI is InChI=1S/C16H23NO2/c1-12-7-6-8-13(2)14(12)11-17-10-5-4-9-15(17)16(18)19-3/h6-8,15H,4-5,9-11H2,1-3H3/t15-/m1/s1. The largest absolute Gasteiger partial charge is 0.468 e.